The molecule has 2 amide bonds. The molecule has 1 aromatic carbocycles. The number of carboxylic acid groups (broad SMARTS) is 1. The van der Waals surface area contributed by atoms with Crippen LogP contribution in [0, 0.1) is 0 Å². The molecule has 3 N–H and O–H groups in total. The second-order valence-corrected chi connectivity index (χ2v) is 6.22. The number of carbonyl (C=O) groups is 4. The minimum absolute atomic E-state index is 0.0470. The zero-order valence-electron chi connectivity index (χ0n) is 14.8. The van der Waals surface area contributed by atoms with Gasteiger partial charge >= 0.3 is 12.1 Å². The molecule has 0 fully saturated rings. The molecule has 0 radical (unpaired) electrons. The summed E-state index contributed by atoms with van der Waals surface area (Å²) < 4.78 is 5.08. The van der Waals surface area contributed by atoms with Gasteiger partial charge in [-0.25, -0.2) is 9.59 Å². The molecule has 0 spiro atoms. The van der Waals surface area contributed by atoms with Crippen LogP contribution < -0.4 is 10.6 Å². The number of rotatable bonds is 12. The zero-order chi connectivity index (χ0) is 20.1. The van der Waals surface area contributed by atoms with Crippen molar-refractivity contribution in [2.45, 2.75) is 44.4 Å². The molecule has 0 bridgehead atoms. The Morgan fingerprint density at radius 2 is 1.81 bits per heavy atom. The lowest BCUT2D eigenvalue weighted by Gasteiger charge is -2.20. The number of thiol groups is 1. The quantitative estimate of drug-likeness (QED) is 0.242. The molecule has 0 saturated heterocycles. The molecule has 148 valence electrons. The molecular weight excluding hydrogens is 372 g/mol. The van der Waals surface area contributed by atoms with Gasteiger partial charge in [0, 0.05) is 6.42 Å². The first-order valence-corrected chi connectivity index (χ1v) is 9.16. The van der Waals surface area contributed by atoms with E-state index in [1.54, 1.807) is 12.1 Å². The molecule has 0 heterocycles. The predicted molar refractivity (Wildman–Crippen MR) is 102 cm³/mol. The van der Waals surface area contributed by atoms with Crippen molar-refractivity contribution in [1.29, 1.82) is 0 Å². The monoisotopic (exact) mass is 396 g/mol. The van der Waals surface area contributed by atoms with E-state index in [0.29, 0.717) is 18.5 Å². The maximum atomic E-state index is 12.3. The predicted octanol–water partition coefficient (Wildman–Crippen LogP) is 1.54. The Balaban J connectivity index is 2.58. The number of hydrogen-bond donors (Lipinski definition) is 4. The van der Waals surface area contributed by atoms with Crippen LogP contribution in [0.4, 0.5) is 4.79 Å². The van der Waals surface area contributed by atoms with Crippen molar-refractivity contribution in [2.75, 3.05) is 5.75 Å². The van der Waals surface area contributed by atoms with E-state index in [4.69, 9.17) is 4.74 Å². The average Bonchev–Trinajstić information content (AvgIpc) is 2.66. The van der Waals surface area contributed by atoms with Crippen LogP contribution in [0.2, 0.25) is 0 Å². The number of aliphatic carboxylic acids is 1. The number of amides is 2. The van der Waals surface area contributed by atoms with Crippen LogP contribution in [0.1, 0.15) is 31.2 Å². The number of ether oxygens (including phenoxy) is 1. The summed E-state index contributed by atoms with van der Waals surface area (Å²) in [6, 6.07) is 6.93. The second kappa shape index (κ2) is 12.7. The molecular formula is C18H24N2O6S. The number of aldehydes is 1. The summed E-state index contributed by atoms with van der Waals surface area (Å²) in [5, 5.41) is 14.0. The lowest BCUT2D eigenvalue weighted by Crippen LogP contribution is -2.51. The van der Waals surface area contributed by atoms with E-state index in [1.165, 1.54) is 0 Å². The van der Waals surface area contributed by atoms with Crippen molar-refractivity contribution in [3.8, 4) is 0 Å². The van der Waals surface area contributed by atoms with Crippen molar-refractivity contribution in [1.82, 2.24) is 10.6 Å². The Hall–Kier alpha value is -2.55. The van der Waals surface area contributed by atoms with Gasteiger partial charge in [-0.3, -0.25) is 4.79 Å². The SMILES string of the molecule is O=CCCC[C@H](NC(=O)[C@H](CCS)NC(=O)OCc1ccccc1)C(=O)O. The topological polar surface area (TPSA) is 122 Å². The largest absolute Gasteiger partial charge is 0.480 e. The number of nitrogens with one attached hydrogen (secondary N) is 2. The van der Waals surface area contributed by atoms with Crippen LogP contribution in [0.3, 0.4) is 0 Å². The Kier molecular flexibility index (Phi) is 10.6. The summed E-state index contributed by atoms with van der Waals surface area (Å²) in [6.45, 7) is 0.0470. The normalized spacial score (nSPS) is 12.5. The van der Waals surface area contributed by atoms with Crippen molar-refractivity contribution in [2.24, 2.45) is 0 Å². The first-order chi connectivity index (χ1) is 13.0. The first-order valence-electron chi connectivity index (χ1n) is 8.52. The summed E-state index contributed by atoms with van der Waals surface area (Å²) in [5.74, 6) is -1.54. The number of carboxylic acids is 1. The molecule has 0 aliphatic heterocycles. The minimum atomic E-state index is -1.20. The second-order valence-electron chi connectivity index (χ2n) is 5.77. The van der Waals surface area contributed by atoms with E-state index < -0.39 is 30.1 Å². The molecule has 0 saturated carbocycles. The minimum Gasteiger partial charge on any atom is -0.480 e. The Labute approximate surface area is 163 Å². The molecule has 1 aromatic rings. The molecule has 0 aromatic heterocycles. The molecule has 9 heteroatoms. The van der Waals surface area contributed by atoms with E-state index in [0.717, 1.165) is 5.56 Å². The van der Waals surface area contributed by atoms with Crippen LogP contribution in [0.5, 0.6) is 0 Å². The third kappa shape index (κ3) is 9.09. The van der Waals surface area contributed by atoms with E-state index in [-0.39, 0.29) is 25.9 Å². The van der Waals surface area contributed by atoms with Crippen LogP contribution >= 0.6 is 12.6 Å². The summed E-state index contributed by atoms with van der Waals surface area (Å²) >= 11 is 4.06. The highest BCUT2D eigenvalue weighted by Gasteiger charge is 2.26. The first kappa shape index (κ1) is 22.5. The van der Waals surface area contributed by atoms with Gasteiger partial charge in [-0.1, -0.05) is 30.3 Å². The molecule has 0 aliphatic carbocycles. The van der Waals surface area contributed by atoms with Crippen molar-refractivity contribution < 1.29 is 29.0 Å². The van der Waals surface area contributed by atoms with Gasteiger partial charge in [0.05, 0.1) is 0 Å². The number of benzene rings is 1. The fraction of sp³-hybridized carbons (Fsp3) is 0.444. The number of alkyl carbamates (subject to hydrolysis) is 1. The van der Waals surface area contributed by atoms with Crippen LogP contribution in [-0.4, -0.2) is 47.2 Å². The average molecular weight is 396 g/mol. The maximum absolute atomic E-state index is 12.3. The highest BCUT2D eigenvalue weighted by molar-refractivity contribution is 7.80. The highest BCUT2D eigenvalue weighted by Crippen LogP contribution is 2.04. The Morgan fingerprint density at radius 1 is 1.11 bits per heavy atom. The Morgan fingerprint density at radius 3 is 2.41 bits per heavy atom. The van der Waals surface area contributed by atoms with Crippen LogP contribution in [-0.2, 0) is 25.7 Å². The molecule has 8 nitrogen and oxygen atoms in total. The fourth-order valence-electron chi connectivity index (χ4n) is 2.24. The van der Waals surface area contributed by atoms with E-state index >= 15 is 0 Å². The fourth-order valence-corrected chi connectivity index (χ4v) is 2.50. The molecule has 2 atom stereocenters. The van der Waals surface area contributed by atoms with Gasteiger partial charge < -0.3 is 25.3 Å². The lowest BCUT2D eigenvalue weighted by molar-refractivity contribution is -0.142. The molecule has 27 heavy (non-hydrogen) atoms. The maximum Gasteiger partial charge on any atom is 0.408 e. The summed E-state index contributed by atoms with van der Waals surface area (Å²) in [4.78, 5) is 45.9. The van der Waals surface area contributed by atoms with Crippen LogP contribution in [0.15, 0.2) is 30.3 Å². The molecule has 1 rings (SSSR count). The van der Waals surface area contributed by atoms with Crippen molar-refractivity contribution in [3.05, 3.63) is 35.9 Å². The van der Waals surface area contributed by atoms with E-state index in [1.807, 2.05) is 18.2 Å². The number of unbranched alkanes of at least 4 members (excludes halogenated alkanes) is 1. The van der Waals surface area contributed by atoms with E-state index in [9.17, 15) is 24.3 Å². The summed E-state index contributed by atoms with van der Waals surface area (Å²) in [7, 11) is 0. The number of carbonyl (C=O) groups excluding carboxylic acids is 3. The third-order valence-electron chi connectivity index (χ3n) is 3.67. The van der Waals surface area contributed by atoms with Crippen LogP contribution in [0.25, 0.3) is 0 Å². The van der Waals surface area contributed by atoms with E-state index in [2.05, 4.69) is 23.3 Å². The molecule has 0 unspecified atom stereocenters. The van der Waals surface area contributed by atoms with Gasteiger partial charge in [-0.2, -0.15) is 12.6 Å². The van der Waals surface area contributed by atoms with Crippen molar-refractivity contribution in [3.63, 3.8) is 0 Å². The summed E-state index contributed by atoms with van der Waals surface area (Å²) in [5.41, 5.74) is 0.795. The zero-order valence-corrected chi connectivity index (χ0v) is 15.7. The molecule has 0 aliphatic rings. The van der Waals surface area contributed by atoms with Gasteiger partial charge in [0.1, 0.15) is 25.0 Å². The number of hydrogen-bond acceptors (Lipinski definition) is 6. The van der Waals surface area contributed by atoms with Gasteiger partial charge in [-0.05, 0) is 30.6 Å². The van der Waals surface area contributed by atoms with Gasteiger partial charge in [-0.15, -0.1) is 0 Å². The van der Waals surface area contributed by atoms with Crippen molar-refractivity contribution >= 4 is 36.9 Å². The lowest BCUT2D eigenvalue weighted by atomic mass is 10.1. The Bertz CT molecular complexity index is 626. The standard InChI is InChI=1S/C18H24N2O6S/c21-10-5-4-8-15(17(23)24)19-16(22)14(9-11-27)20-18(25)26-12-13-6-2-1-3-7-13/h1-3,6-7,10,14-15,27H,4-5,8-9,11-12H2,(H,19,22)(H,20,25)(H,23,24)/t14-,15-/m0/s1. The smallest absolute Gasteiger partial charge is 0.408 e. The highest BCUT2D eigenvalue weighted by atomic mass is 32.1. The third-order valence-corrected chi connectivity index (χ3v) is 3.93. The van der Waals surface area contributed by atoms with Gasteiger partial charge in [0.2, 0.25) is 5.91 Å². The van der Waals surface area contributed by atoms with Gasteiger partial charge in [0.25, 0.3) is 0 Å². The van der Waals surface area contributed by atoms with Gasteiger partial charge in [0.15, 0.2) is 0 Å². The summed E-state index contributed by atoms with van der Waals surface area (Å²) in [6.07, 6.45) is 0.777.